The van der Waals surface area contributed by atoms with Crippen molar-refractivity contribution in [2.75, 3.05) is 39.3 Å². The molecule has 0 spiro atoms. The molecule has 0 bridgehead atoms. The van der Waals surface area contributed by atoms with Crippen LogP contribution in [0.4, 0.5) is 5.69 Å². The molecule has 0 aliphatic carbocycles. The van der Waals surface area contributed by atoms with E-state index < -0.39 is 5.91 Å². The van der Waals surface area contributed by atoms with Crippen LogP contribution >= 0.6 is 0 Å². The van der Waals surface area contributed by atoms with Crippen LogP contribution < -0.4 is 14.8 Å². The van der Waals surface area contributed by atoms with Crippen molar-refractivity contribution in [1.82, 2.24) is 4.90 Å². The molecule has 152 valence electrons. The Bertz CT molecular complexity index is 921. The molecule has 2 aromatic carbocycles. The number of methoxy groups -OCH3 is 2. The van der Waals surface area contributed by atoms with Crippen LogP contribution in [-0.2, 0) is 14.3 Å². The van der Waals surface area contributed by atoms with Crippen LogP contribution in [0.2, 0.25) is 0 Å². The lowest BCUT2D eigenvalue weighted by molar-refractivity contribution is -0.137. The van der Waals surface area contributed by atoms with Crippen molar-refractivity contribution in [1.29, 1.82) is 0 Å². The van der Waals surface area contributed by atoms with Crippen molar-refractivity contribution in [3.05, 3.63) is 59.8 Å². The highest BCUT2D eigenvalue weighted by atomic mass is 16.5. The summed E-state index contributed by atoms with van der Waals surface area (Å²) in [6.07, 6.45) is 0. The van der Waals surface area contributed by atoms with Gasteiger partial charge < -0.3 is 19.5 Å². The van der Waals surface area contributed by atoms with Crippen molar-refractivity contribution < 1.29 is 23.8 Å². The van der Waals surface area contributed by atoms with Crippen molar-refractivity contribution in [2.24, 2.45) is 0 Å². The van der Waals surface area contributed by atoms with Crippen molar-refractivity contribution in [3.63, 3.8) is 0 Å². The van der Waals surface area contributed by atoms with E-state index in [9.17, 15) is 9.59 Å². The molecule has 0 saturated heterocycles. The van der Waals surface area contributed by atoms with Crippen LogP contribution in [-0.4, -0.2) is 50.7 Å². The fourth-order valence-corrected chi connectivity index (χ4v) is 3.09. The molecular formula is C22H24N2O5. The lowest BCUT2D eigenvalue weighted by Crippen LogP contribution is -2.35. The predicted molar refractivity (Wildman–Crippen MR) is 110 cm³/mol. The normalized spacial score (nSPS) is 13.8. The molecule has 0 fully saturated rings. The first-order valence-electron chi connectivity index (χ1n) is 9.33. The van der Waals surface area contributed by atoms with E-state index >= 15 is 0 Å². The molecule has 1 N–H and O–H groups in total. The van der Waals surface area contributed by atoms with E-state index in [-0.39, 0.29) is 24.8 Å². The van der Waals surface area contributed by atoms with Crippen LogP contribution in [0.5, 0.6) is 11.5 Å². The van der Waals surface area contributed by atoms with Gasteiger partial charge in [-0.1, -0.05) is 24.3 Å². The van der Waals surface area contributed by atoms with Crippen LogP contribution in [0, 0.1) is 0 Å². The molecule has 1 aliphatic heterocycles. The van der Waals surface area contributed by atoms with Crippen LogP contribution in [0.3, 0.4) is 0 Å². The van der Waals surface area contributed by atoms with Crippen LogP contribution in [0.15, 0.2) is 54.2 Å². The van der Waals surface area contributed by atoms with Crippen molar-refractivity contribution in [2.45, 2.75) is 6.92 Å². The lowest BCUT2D eigenvalue weighted by atomic mass is 10.0. The summed E-state index contributed by atoms with van der Waals surface area (Å²) in [7, 11) is 3.10. The molecule has 0 radical (unpaired) electrons. The zero-order valence-electron chi connectivity index (χ0n) is 16.7. The van der Waals surface area contributed by atoms with Gasteiger partial charge in [-0.3, -0.25) is 14.5 Å². The van der Waals surface area contributed by atoms with Crippen molar-refractivity contribution in [3.8, 4) is 11.5 Å². The highest BCUT2D eigenvalue weighted by Crippen LogP contribution is 2.33. The number of para-hydroxylation sites is 2. The first-order valence-corrected chi connectivity index (χ1v) is 9.33. The van der Waals surface area contributed by atoms with E-state index in [4.69, 9.17) is 14.2 Å². The number of nitrogens with zero attached hydrogens (tertiary/aromatic N) is 1. The maximum Gasteiger partial charge on any atom is 0.278 e. The number of imide groups is 1. The third-order valence-electron chi connectivity index (χ3n) is 4.51. The number of hydrogen-bond acceptors (Lipinski definition) is 6. The average Bonchev–Trinajstić information content (AvgIpc) is 2.97. The maximum absolute atomic E-state index is 13.1. The third kappa shape index (κ3) is 4.25. The fourth-order valence-electron chi connectivity index (χ4n) is 3.09. The lowest BCUT2D eigenvalue weighted by Gasteiger charge is -2.15. The van der Waals surface area contributed by atoms with Gasteiger partial charge in [0.15, 0.2) is 0 Å². The van der Waals surface area contributed by atoms with E-state index in [0.29, 0.717) is 34.9 Å². The van der Waals surface area contributed by atoms with E-state index in [2.05, 4.69) is 5.32 Å². The van der Waals surface area contributed by atoms with E-state index in [1.54, 1.807) is 37.4 Å². The first kappa shape index (κ1) is 20.4. The van der Waals surface area contributed by atoms with Gasteiger partial charge in [-0.15, -0.1) is 0 Å². The number of nitrogens with one attached hydrogen (secondary N) is 1. The molecule has 7 heteroatoms. The number of amides is 2. The molecule has 1 aliphatic rings. The van der Waals surface area contributed by atoms with Gasteiger partial charge in [0.05, 0.1) is 38.1 Å². The van der Waals surface area contributed by atoms with E-state index in [0.717, 1.165) is 0 Å². The molecule has 0 aromatic heterocycles. The minimum atomic E-state index is -0.399. The van der Waals surface area contributed by atoms with Crippen molar-refractivity contribution >= 4 is 23.1 Å². The van der Waals surface area contributed by atoms with Gasteiger partial charge in [0.25, 0.3) is 11.8 Å². The minimum absolute atomic E-state index is 0.173. The second-order valence-corrected chi connectivity index (χ2v) is 6.29. The minimum Gasteiger partial charge on any atom is -0.497 e. The van der Waals surface area contributed by atoms with E-state index in [1.165, 1.54) is 12.0 Å². The summed E-state index contributed by atoms with van der Waals surface area (Å²) in [5, 5.41) is 3.13. The van der Waals surface area contributed by atoms with Crippen LogP contribution in [0.25, 0.3) is 5.57 Å². The zero-order chi connectivity index (χ0) is 20.8. The summed E-state index contributed by atoms with van der Waals surface area (Å²) >= 11 is 0. The molecule has 0 unspecified atom stereocenters. The largest absolute Gasteiger partial charge is 0.497 e. The molecule has 0 saturated carbocycles. The van der Waals surface area contributed by atoms with Gasteiger partial charge in [-0.25, -0.2) is 0 Å². The number of anilines is 1. The predicted octanol–water partition coefficient (Wildman–Crippen LogP) is 2.93. The average molecular weight is 396 g/mol. The summed E-state index contributed by atoms with van der Waals surface area (Å²) < 4.78 is 15.9. The highest BCUT2D eigenvalue weighted by Gasteiger charge is 2.39. The zero-order valence-corrected chi connectivity index (χ0v) is 16.7. The second-order valence-electron chi connectivity index (χ2n) is 6.29. The number of hydrogen-bond donors (Lipinski definition) is 1. The molecule has 1 heterocycles. The number of rotatable bonds is 9. The van der Waals surface area contributed by atoms with Gasteiger partial charge >= 0.3 is 0 Å². The smallest absolute Gasteiger partial charge is 0.278 e. The molecular weight excluding hydrogens is 372 g/mol. The Morgan fingerprint density at radius 3 is 2.34 bits per heavy atom. The summed E-state index contributed by atoms with van der Waals surface area (Å²) in [6, 6.07) is 14.3. The Labute approximate surface area is 169 Å². The Balaban J connectivity index is 2.04. The summed E-state index contributed by atoms with van der Waals surface area (Å²) in [6.45, 7) is 2.80. The molecule has 29 heavy (non-hydrogen) atoms. The molecule has 3 rings (SSSR count). The molecule has 2 aromatic rings. The summed E-state index contributed by atoms with van der Waals surface area (Å²) in [5.41, 5.74) is 1.76. The van der Waals surface area contributed by atoms with Gasteiger partial charge in [0, 0.05) is 7.11 Å². The Hall–Kier alpha value is -3.32. The molecule has 7 nitrogen and oxygen atoms in total. The maximum atomic E-state index is 13.1. The molecule has 0 atom stereocenters. The van der Waals surface area contributed by atoms with Crippen LogP contribution in [0.1, 0.15) is 12.5 Å². The van der Waals surface area contributed by atoms with E-state index in [1.807, 2.05) is 25.1 Å². The number of carbonyl (C=O) groups is 2. The monoisotopic (exact) mass is 396 g/mol. The highest BCUT2D eigenvalue weighted by molar-refractivity contribution is 6.36. The molecule has 2 amide bonds. The fraction of sp³-hybridized carbons (Fsp3) is 0.273. The third-order valence-corrected chi connectivity index (χ3v) is 4.51. The quantitative estimate of drug-likeness (QED) is 0.657. The Morgan fingerprint density at radius 2 is 1.69 bits per heavy atom. The number of ether oxygens (including phenoxy) is 3. The SMILES string of the molecule is CCOc1ccccc1NC1=C(c2ccc(OC)cc2)C(=O)N(CCOC)C1=O. The topological polar surface area (TPSA) is 77.1 Å². The number of benzene rings is 2. The Morgan fingerprint density at radius 1 is 0.966 bits per heavy atom. The summed E-state index contributed by atoms with van der Waals surface area (Å²) in [4.78, 5) is 27.3. The van der Waals surface area contributed by atoms with Gasteiger partial charge in [0.1, 0.15) is 17.2 Å². The summed E-state index contributed by atoms with van der Waals surface area (Å²) in [5.74, 6) is 0.503. The van der Waals surface area contributed by atoms with Gasteiger partial charge in [0.2, 0.25) is 0 Å². The van der Waals surface area contributed by atoms with Gasteiger partial charge in [-0.05, 0) is 36.8 Å². The van der Waals surface area contributed by atoms with Gasteiger partial charge in [-0.2, -0.15) is 0 Å². The second kappa shape index (κ2) is 9.25. The number of carbonyl (C=O) groups excluding carboxylic acids is 2. The first-order chi connectivity index (χ1) is 14.1. The Kier molecular flexibility index (Phi) is 6.51. The standard InChI is InChI=1S/C22H24N2O5/c1-4-29-18-8-6-5-7-17(18)23-20-19(15-9-11-16(28-3)12-10-15)21(25)24(22(20)26)13-14-27-2/h5-12,23H,4,13-14H2,1-3H3.